The number of nitrogens with one attached hydrogen (secondary N) is 1. The van der Waals surface area contributed by atoms with Crippen molar-refractivity contribution in [3.63, 3.8) is 0 Å². The monoisotopic (exact) mass is 329 g/mol. The Morgan fingerprint density at radius 3 is 2.42 bits per heavy atom. The number of benzene rings is 2. The van der Waals surface area contributed by atoms with Crippen LogP contribution in [-0.2, 0) is 11.4 Å². The van der Waals surface area contributed by atoms with Gasteiger partial charge in [0, 0.05) is 17.7 Å². The summed E-state index contributed by atoms with van der Waals surface area (Å²) < 4.78 is 16.2. The zero-order valence-corrected chi connectivity index (χ0v) is 13.5. The van der Waals surface area contributed by atoms with Crippen LogP contribution < -0.4 is 19.7 Å². The maximum atomic E-state index is 11.0. The molecule has 1 amide bonds. The summed E-state index contributed by atoms with van der Waals surface area (Å²) in [6.45, 7) is 0.412. The van der Waals surface area contributed by atoms with E-state index in [-0.39, 0.29) is 0 Å². The first-order valence-corrected chi connectivity index (χ1v) is 7.22. The fraction of sp³-hybridized carbons (Fsp3) is 0.167. The van der Waals surface area contributed by atoms with Crippen LogP contribution in [0.4, 0.5) is 0 Å². The molecule has 126 valence electrons. The Hall–Kier alpha value is -2.99. The molecule has 24 heavy (non-hydrogen) atoms. The standard InChI is InChI=1S/C18H19NO5/c1-22-15-7-3-13(4-8-15)12-24-16-9-5-14(17(11-16)23-2)6-10-18(20)19-21/h3-11,21H,12H2,1-2H3,(H,19,20)/b10-6+. The van der Waals surface area contributed by atoms with Gasteiger partial charge >= 0.3 is 0 Å². The minimum Gasteiger partial charge on any atom is -0.497 e. The van der Waals surface area contributed by atoms with Crippen LogP contribution in [0.15, 0.2) is 48.5 Å². The highest BCUT2D eigenvalue weighted by atomic mass is 16.5. The van der Waals surface area contributed by atoms with Crippen molar-refractivity contribution in [1.29, 1.82) is 0 Å². The van der Waals surface area contributed by atoms with E-state index in [1.165, 1.54) is 24.7 Å². The molecule has 0 radical (unpaired) electrons. The van der Waals surface area contributed by atoms with E-state index < -0.39 is 5.91 Å². The van der Waals surface area contributed by atoms with Gasteiger partial charge in [-0.2, -0.15) is 0 Å². The molecule has 0 aliphatic heterocycles. The van der Waals surface area contributed by atoms with Gasteiger partial charge in [0.25, 0.3) is 5.91 Å². The molecule has 0 unspecified atom stereocenters. The zero-order chi connectivity index (χ0) is 17.4. The van der Waals surface area contributed by atoms with Gasteiger partial charge in [0.1, 0.15) is 23.9 Å². The molecular weight excluding hydrogens is 310 g/mol. The first kappa shape index (κ1) is 17.4. The van der Waals surface area contributed by atoms with Crippen molar-refractivity contribution in [2.24, 2.45) is 0 Å². The van der Waals surface area contributed by atoms with Crippen molar-refractivity contribution in [3.8, 4) is 17.2 Å². The van der Waals surface area contributed by atoms with E-state index in [1.54, 1.807) is 25.3 Å². The van der Waals surface area contributed by atoms with Gasteiger partial charge in [-0.05, 0) is 35.9 Å². The number of hydroxylamine groups is 1. The number of hydrogen-bond donors (Lipinski definition) is 2. The van der Waals surface area contributed by atoms with E-state index >= 15 is 0 Å². The Kier molecular flexibility index (Phi) is 6.22. The van der Waals surface area contributed by atoms with Gasteiger partial charge < -0.3 is 14.2 Å². The largest absolute Gasteiger partial charge is 0.497 e. The first-order valence-electron chi connectivity index (χ1n) is 7.22. The molecule has 6 heteroatoms. The van der Waals surface area contributed by atoms with E-state index in [4.69, 9.17) is 19.4 Å². The molecule has 0 aromatic heterocycles. The molecule has 0 heterocycles. The fourth-order valence-corrected chi connectivity index (χ4v) is 2.01. The van der Waals surface area contributed by atoms with Crippen LogP contribution in [-0.4, -0.2) is 25.3 Å². The molecule has 2 aromatic rings. The number of ether oxygens (including phenoxy) is 3. The van der Waals surface area contributed by atoms with Crippen molar-refractivity contribution in [2.45, 2.75) is 6.61 Å². The van der Waals surface area contributed by atoms with E-state index in [1.807, 2.05) is 24.3 Å². The molecule has 2 aromatic carbocycles. The lowest BCUT2D eigenvalue weighted by Gasteiger charge is -2.10. The van der Waals surface area contributed by atoms with Gasteiger partial charge in [-0.1, -0.05) is 12.1 Å². The summed E-state index contributed by atoms with van der Waals surface area (Å²) in [4.78, 5) is 11.0. The highest BCUT2D eigenvalue weighted by Crippen LogP contribution is 2.26. The lowest BCUT2D eigenvalue weighted by atomic mass is 10.1. The second-order valence-corrected chi connectivity index (χ2v) is 4.85. The van der Waals surface area contributed by atoms with Crippen LogP contribution in [0.2, 0.25) is 0 Å². The van der Waals surface area contributed by atoms with E-state index in [0.717, 1.165) is 11.3 Å². The second-order valence-electron chi connectivity index (χ2n) is 4.85. The van der Waals surface area contributed by atoms with Crippen LogP contribution in [0, 0.1) is 0 Å². The maximum absolute atomic E-state index is 11.0. The average Bonchev–Trinajstić information content (AvgIpc) is 2.64. The summed E-state index contributed by atoms with van der Waals surface area (Å²) in [5, 5.41) is 8.48. The van der Waals surface area contributed by atoms with Gasteiger partial charge in [-0.3, -0.25) is 10.0 Å². The molecule has 0 fully saturated rings. The predicted molar refractivity (Wildman–Crippen MR) is 89.3 cm³/mol. The Morgan fingerprint density at radius 2 is 1.79 bits per heavy atom. The molecule has 0 atom stereocenters. The second kappa shape index (κ2) is 8.59. The fourth-order valence-electron chi connectivity index (χ4n) is 2.01. The number of methoxy groups -OCH3 is 2. The highest BCUT2D eigenvalue weighted by Gasteiger charge is 2.04. The summed E-state index contributed by atoms with van der Waals surface area (Å²) in [5.74, 6) is 1.39. The van der Waals surface area contributed by atoms with Gasteiger partial charge in [0.15, 0.2) is 0 Å². The quantitative estimate of drug-likeness (QED) is 0.464. The summed E-state index contributed by atoms with van der Waals surface area (Å²) in [5.41, 5.74) is 3.24. The Balaban J connectivity index is 2.05. The number of carbonyl (C=O) groups is 1. The van der Waals surface area contributed by atoms with Crippen LogP contribution >= 0.6 is 0 Å². The normalized spacial score (nSPS) is 10.5. The lowest BCUT2D eigenvalue weighted by Crippen LogP contribution is -2.14. The summed E-state index contributed by atoms with van der Waals surface area (Å²) in [6, 6.07) is 12.9. The lowest BCUT2D eigenvalue weighted by molar-refractivity contribution is -0.124. The van der Waals surface area contributed by atoms with Gasteiger partial charge in [0.2, 0.25) is 0 Å². The molecule has 0 aliphatic carbocycles. The van der Waals surface area contributed by atoms with Crippen LogP contribution in [0.25, 0.3) is 6.08 Å². The molecule has 2 rings (SSSR count). The van der Waals surface area contributed by atoms with E-state index in [2.05, 4.69) is 0 Å². The number of hydrogen-bond acceptors (Lipinski definition) is 5. The third-order valence-corrected chi connectivity index (χ3v) is 3.29. The molecule has 0 bridgehead atoms. The van der Waals surface area contributed by atoms with E-state index in [0.29, 0.717) is 23.7 Å². The summed E-state index contributed by atoms with van der Waals surface area (Å²) in [6.07, 6.45) is 2.74. The smallest absolute Gasteiger partial charge is 0.267 e. The Bertz CT molecular complexity index is 710. The van der Waals surface area contributed by atoms with Crippen LogP contribution in [0.3, 0.4) is 0 Å². The van der Waals surface area contributed by atoms with Crippen LogP contribution in [0.5, 0.6) is 17.2 Å². The number of rotatable bonds is 7. The number of amides is 1. The average molecular weight is 329 g/mol. The van der Waals surface area contributed by atoms with Crippen molar-refractivity contribution in [2.75, 3.05) is 14.2 Å². The first-order chi connectivity index (χ1) is 11.7. The number of carbonyl (C=O) groups excluding carboxylic acids is 1. The maximum Gasteiger partial charge on any atom is 0.267 e. The van der Waals surface area contributed by atoms with E-state index in [9.17, 15) is 4.79 Å². The van der Waals surface area contributed by atoms with Crippen molar-refractivity contribution >= 4 is 12.0 Å². The Morgan fingerprint density at radius 1 is 1.08 bits per heavy atom. The third kappa shape index (κ3) is 4.76. The molecular formula is C18H19NO5. The summed E-state index contributed by atoms with van der Waals surface area (Å²) >= 11 is 0. The minimum absolute atomic E-state index is 0.412. The van der Waals surface area contributed by atoms with Crippen molar-refractivity contribution in [3.05, 3.63) is 59.7 Å². The molecule has 0 aliphatic rings. The Labute approximate surface area is 140 Å². The topological polar surface area (TPSA) is 77.0 Å². The molecule has 0 spiro atoms. The third-order valence-electron chi connectivity index (χ3n) is 3.29. The van der Waals surface area contributed by atoms with Crippen molar-refractivity contribution in [1.82, 2.24) is 5.48 Å². The molecule has 0 saturated heterocycles. The van der Waals surface area contributed by atoms with Gasteiger partial charge in [0.05, 0.1) is 14.2 Å². The minimum atomic E-state index is -0.614. The zero-order valence-electron chi connectivity index (χ0n) is 13.5. The van der Waals surface area contributed by atoms with Crippen molar-refractivity contribution < 1.29 is 24.2 Å². The van der Waals surface area contributed by atoms with Gasteiger partial charge in [-0.15, -0.1) is 0 Å². The van der Waals surface area contributed by atoms with Crippen LogP contribution in [0.1, 0.15) is 11.1 Å². The van der Waals surface area contributed by atoms with Gasteiger partial charge in [-0.25, -0.2) is 5.48 Å². The molecule has 2 N–H and O–H groups in total. The highest BCUT2D eigenvalue weighted by molar-refractivity contribution is 5.91. The molecule has 0 saturated carbocycles. The SMILES string of the molecule is COc1ccc(COc2ccc(/C=C/C(=O)NO)c(OC)c2)cc1. The predicted octanol–water partition coefficient (Wildman–Crippen LogP) is 2.80. The summed E-state index contributed by atoms with van der Waals surface area (Å²) in [7, 11) is 3.16. The molecule has 6 nitrogen and oxygen atoms in total.